The highest BCUT2D eigenvalue weighted by Crippen LogP contribution is 2.25. The molecule has 4 N–H and O–H groups in total. The maximum absolute atomic E-state index is 10.6. The molecule has 0 bridgehead atoms. The van der Waals surface area contributed by atoms with Gasteiger partial charge in [-0.15, -0.1) is 0 Å². The van der Waals surface area contributed by atoms with E-state index in [-0.39, 0.29) is 6.10 Å². The molecule has 0 atom stereocenters. The van der Waals surface area contributed by atoms with Crippen molar-refractivity contribution in [1.82, 2.24) is 4.90 Å². The third-order valence-electron chi connectivity index (χ3n) is 5.01. The molecule has 27 heavy (non-hydrogen) atoms. The topological polar surface area (TPSA) is 101 Å². The predicted octanol–water partition coefficient (Wildman–Crippen LogP) is 1.72. The summed E-state index contributed by atoms with van der Waals surface area (Å²) in [4.78, 5) is 13.0. The molecule has 0 aliphatic carbocycles. The van der Waals surface area contributed by atoms with Crippen LogP contribution in [-0.4, -0.2) is 55.5 Å². The Labute approximate surface area is 157 Å². The second kappa shape index (κ2) is 7.38. The molecule has 1 amide bonds. The number of nitrogens with one attached hydrogen (secondary N) is 2. The van der Waals surface area contributed by atoms with Crippen LogP contribution in [0.2, 0.25) is 0 Å². The van der Waals surface area contributed by atoms with Gasteiger partial charge in [-0.05, 0) is 42.5 Å². The first-order chi connectivity index (χ1) is 13.1. The van der Waals surface area contributed by atoms with Gasteiger partial charge in [0.1, 0.15) is 11.9 Å². The van der Waals surface area contributed by atoms with E-state index in [1.165, 1.54) is 0 Å². The number of amides is 1. The average molecular weight is 366 g/mol. The highest BCUT2D eigenvalue weighted by Gasteiger charge is 2.37. The van der Waals surface area contributed by atoms with E-state index in [2.05, 4.69) is 10.2 Å². The zero-order valence-electron chi connectivity index (χ0n) is 14.9. The van der Waals surface area contributed by atoms with E-state index in [1.807, 2.05) is 24.3 Å². The standard InChI is InChI=1S/C20H22N4O3/c21-19-6-3-14(23-12-25)7-18(19)20(22)13-1-4-16(5-2-13)27-17-8-24(9-17)15-10-26-11-15/h1-7,12,15,17,22H,8-11,21H2,(H,23,25). The SMILES string of the molecule is N=C(c1ccc(OC2CN(C3COC3)C2)cc1)c1cc(NC=O)ccc1N. The van der Waals surface area contributed by atoms with Gasteiger partial charge in [-0.2, -0.15) is 0 Å². The van der Waals surface area contributed by atoms with Crippen molar-refractivity contribution < 1.29 is 14.3 Å². The van der Waals surface area contributed by atoms with E-state index < -0.39 is 0 Å². The lowest BCUT2D eigenvalue weighted by molar-refractivity contribution is -0.115. The Hall–Kier alpha value is -2.90. The van der Waals surface area contributed by atoms with Crippen molar-refractivity contribution in [1.29, 1.82) is 5.41 Å². The van der Waals surface area contributed by atoms with Crippen LogP contribution in [0.1, 0.15) is 11.1 Å². The number of carbonyl (C=O) groups is 1. The lowest BCUT2D eigenvalue weighted by Gasteiger charge is -2.46. The minimum Gasteiger partial charge on any atom is -0.488 e. The lowest BCUT2D eigenvalue weighted by Crippen LogP contribution is -2.62. The largest absolute Gasteiger partial charge is 0.488 e. The number of nitrogens with two attached hydrogens (primary N) is 1. The summed E-state index contributed by atoms with van der Waals surface area (Å²) in [5, 5.41) is 11.0. The molecule has 2 heterocycles. The van der Waals surface area contributed by atoms with Crippen molar-refractivity contribution in [3.8, 4) is 5.75 Å². The van der Waals surface area contributed by atoms with Gasteiger partial charge in [-0.25, -0.2) is 0 Å². The Morgan fingerprint density at radius 3 is 2.59 bits per heavy atom. The summed E-state index contributed by atoms with van der Waals surface area (Å²) >= 11 is 0. The summed E-state index contributed by atoms with van der Waals surface area (Å²) in [6.07, 6.45) is 0.808. The number of benzene rings is 2. The van der Waals surface area contributed by atoms with Crippen LogP contribution < -0.4 is 15.8 Å². The fourth-order valence-electron chi connectivity index (χ4n) is 3.26. The van der Waals surface area contributed by atoms with Crippen LogP contribution in [-0.2, 0) is 9.53 Å². The van der Waals surface area contributed by atoms with Gasteiger partial charge in [0.25, 0.3) is 0 Å². The van der Waals surface area contributed by atoms with E-state index in [1.54, 1.807) is 18.2 Å². The Morgan fingerprint density at radius 2 is 1.96 bits per heavy atom. The smallest absolute Gasteiger partial charge is 0.211 e. The highest BCUT2D eigenvalue weighted by molar-refractivity contribution is 6.14. The molecule has 2 saturated heterocycles. The molecule has 140 valence electrons. The molecule has 7 nitrogen and oxygen atoms in total. The number of ether oxygens (including phenoxy) is 2. The summed E-state index contributed by atoms with van der Waals surface area (Å²) in [5.41, 5.74) is 8.71. The first-order valence-electron chi connectivity index (χ1n) is 8.91. The number of likely N-dealkylation sites (tertiary alicyclic amines) is 1. The van der Waals surface area contributed by atoms with Gasteiger partial charge in [0.05, 0.1) is 25.0 Å². The maximum atomic E-state index is 10.6. The summed E-state index contributed by atoms with van der Waals surface area (Å²) in [6.45, 7) is 3.52. The van der Waals surface area contributed by atoms with Crippen molar-refractivity contribution in [2.45, 2.75) is 12.1 Å². The van der Waals surface area contributed by atoms with Gasteiger partial charge >= 0.3 is 0 Å². The van der Waals surface area contributed by atoms with Gasteiger partial charge in [0.15, 0.2) is 0 Å². The van der Waals surface area contributed by atoms with Crippen molar-refractivity contribution in [3.05, 3.63) is 53.6 Å². The molecule has 0 spiro atoms. The van der Waals surface area contributed by atoms with Crippen LogP contribution in [0.5, 0.6) is 5.75 Å². The number of nitrogens with zero attached hydrogens (tertiary/aromatic N) is 1. The van der Waals surface area contributed by atoms with Crippen molar-refractivity contribution in [2.75, 3.05) is 37.4 Å². The average Bonchev–Trinajstić information content (AvgIpc) is 2.60. The number of rotatable bonds is 7. The molecule has 0 unspecified atom stereocenters. The van der Waals surface area contributed by atoms with Crippen molar-refractivity contribution in [2.24, 2.45) is 0 Å². The lowest BCUT2D eigenvalue weighted by atomic mass is 10.00. The summed E-state index contributed by atoms with van der Waals surface area (Å²) in [5.74, 6) is 0.797. The van der Waals surface area contributed by atoms with Crippen LogP contribution in [0.15, 0.2) is 42.5 Å². The number of hydrogen-bond donors (Lipinski definition) is 3. The minimum absolute atomic E-state index is 0.206. The quantitative estimate of drug-likeness (QED) is 0.393. The molecule has 2 aromatic rings. The van der Waals surface area contributed by atoms with E-state index in [0.717, 1.165) is 37.6 Å². The Balaban J connectivity index is 1.39. The van der Waals surface area contributed by atoms with Gasteiger partial charge in [0.2, 0.25) is 6.41 Å². The molecule has 2 aromatic carbocycles. The Morgan fingerprint density at radius 1 is 1.22 bits per heavy atom. The third kappa shape index (κ3) is 3.65. The molecule has 4 rings (SSSR count). The van der Waals surface area contributed by atoms with Gasteiger partial charge in [-0.1, -0.05) is 0 Å². The third-order valence-corrected chi connectivity index (χ3v) is 5.01. The second-order valence-electron chi connectivity index (χ2n) is 6.85. The van der Waals surface area contributed by atoms with Crippen LogP contribution in [0.3, 0.4) is 0 Å². The molecule has 2 aliphatic rings. The second-order valence-corrected chi connectivity index (χ2v) is 6.85. The van der Waals surface area contributed by atoms with Crippen molar-refractivity contribution in [3.63, 3.8) is 0 Å². The van der Waals surface area contributed by atoms with Gasteiger partial charge < -0.3 is 20.5 Å². The zero-order chi connectivity index (χ0) is 18.8. The molecular weight excluding hydrogens is 344 g/mol. The molecule has 0 radical (unpaired) electrons. The Bertz CT molecular complexity index is 843. The monoisotopic (exact) mass is 366 g/mol. The van der Waals surface area contributed by atoms with E-state index in [4.69, 9.17) is 20.6 Å². The summed E-state index contributed by atoms with van der Waals surface area (Å²) < 4.78 is 11.2. The fourth-order valence-corrected chi connectivity index (χ4v) is 3.26. The van der Waals surface area contributed by atoms with Crippen LogP contribution in [0.25, 0.3) is 0 Å². The van der Waals surface area contributed by atoms with E-state index in [0.29, 0.717) is 35.1 Å². The Kier molecular flexibility index (Phi) is 4.79. The summed E-state index contributed by atoms with van der Waals surface area (Å²) in [6, 6.07) is 13.1. The number of carbonyl (C=O) groups excluding carboxylic acids is 1. The molecule has 0 aromatic heterocycles. The number of nitrogen functional groups attached to an aromatic ring is 1. The van der Waals surface area contributed by atoms with E-state index >= 15 is 0 Å². The minimum atomic E-state index is 0.206. The molecule has 2 fully saturated rings. The normalized spacial score (nSPS) is 17.6. The molecular formula is C20H22N4O3. The van der Waals surface area contributed by atoms with Crippen LogP contribution >= 0.6 is 0 Å². The van der Waals surface area contributed by atoms with Crippen LogP contribution in [0, 0.1) is 5.41 Å². The molecule has 7 heteroatoms. The molecule has 0 saturated carbocycles. The maximum Gasteiger partial charge on any atom is 0.211 e. The van der Waals surface area contributed by atoms with E-state index in [9.17, 15) is 4.79 Å². The summed E-state index contributed by atoms with van der Waals surface area (Å²) in [7, 11) is 0. The van der Waals surface area contributed by atoms with Gasteiger partial charge in [0, 0.05) is 35.6 Å². The van der Waals surface area contributed by atoms with Gasteiger partial charge in [-0.3, -0.25) is 15.1 Å². The first-order valence-corrected chi connectivity index (χ1v) is 8.91. The predicted molar refractivity (Wildman–Crippen MR) is 104 cm³/mol. The van der Waals surface area contributed by atoms with Crippen molar-refractivity contribution >= 4 is 23.5 Å². The van der Waals surface area contributed by atoms with Crippen LogP contribution in [0.4, 0.5) is 11.4 Å². The first kappa shape index (κ1) is 17.5. The highest BCUT2D eigenvalue weighted by atomic mass is 16.5. The fraction of sp³-hybridized carbons (Fsp3) is 0.300. The molecule has 2 aliphatic heterocycles. The zero-order valence-corrected chi connectivity index (χ0v) is 14.9. The number of anilines is 2. The number of hydrogen-bond acceptors (Lipinski definition) is 6.